The van der Waals surface area contributed by atoms with Crippen molar-refractivity contribution in [3.05, 3.63) is 17.0 Å². The monoisotopic (exact) mass is 335 g/mol. The number of ether oxygens (including phenoxy) is 3. The van der Waals surface area contributed by atoms with Crippen LogP contribution in [0.15, 0.2) is 0 Å². The largest absolute Gasteiger partial charge is 0.381 e. The van der Waals surface area contributed by atoms with Gasteiger partial charge in [-0.25, -0.2) is 0 Å². The topological polar surface area (TPSA) is 76.7 Å². The molecule has 24 heavy (non-hydrogen) atoms. The third-order valence-corrected chi connectivity index (χ3v) is 5.38. The summed E-state index contributed by atoms with van der Waals surface area (Å²) in [6, 6.07) is 0. The zero-order valence-corrected chi connectivity index (χ0v) is 14.3. The number of carbonyl (C=O) groups is 1. The minimum absolute atomic E-state index is 0.00275. The van der Waals surface area contributed by atoms with E-state index in [-0.39, 0.29) is 23.7 Å². The van der Waals surface area contributed by atoms with Gasteiger partial charge in [0.15, 0.2) is 5.69 Å². The molecule has 3 aliphatic heterocycles. The maximum Gasteiger partial charge on any atom is 0.274 e. The fraction of sp³-hybridized carbons (Fsp3) is 0.765. The maximum absolute atomic E-state index is 13.1. The van der Waals surface area contributed by atoms with Crippen LogP contribution in [0.25, 0.3) is 0 Å². The summed E-state index contributed by atoms with van der Waals surface area (Å²) in [6.45, 7) is 7.24. The van der Waals surface area contributed by atoms with Crippen LogP contribution in [0.5, 0.6) is 0 Å². The van der Waals surface area contributed by atoms with Crippen molar-refractivity contribution in [2.45, 2.75) is 50.9 Å². The van der Waals surface area contributed by atoms with Gasteiger partial charge < -0.3 is 19.1 Å². The smallest absolute Gasteiger partial charge is 0.274 e. The van der Waals surface area contributed by atoms with Gasteiger partial charge in [-0.05, 0) is 13.8 Å². The molecule has 1 amide bonds. The van der Waals surface area contributed by atoms with E-state index in [1.165, 1.54) is 0 Å². The van der Waals surface area contributed by atoms with E-state index in [2.05, 4.69) is 10.2 Å². The van der Waals surface area contributed by atoms with E-state index < -0.39 is 0 Å². The van der Waals surface area contributed by atoms with E-state index in [4.69, 9.17) is 14.2 Å². The number of aromatic nitrogens is 2. The first-order valence-corrected chi connectivity index (χ1v) is 8.81. The zero-order chi connectivity index (χ0) is 16.7. The molecule has 7 heteroatoms. The summed E-state index contributed by atoms with van der Waals surface area (Å²) in [5, 5.41) is 7.34. The molecule has 1 spiro atoms. The quantitative estimate of drug-likeness (QED) is 0.841. The fourth-order valence-corrected chi connectivity index (χ4v) is 4.06. The van der Waals surface area contributed by atoms with E-state index >= 15 is 0 Å². The number of nitrogens with one attached hydrogen (secondary N) is 1. The molecule has 0 aliphatic carbocycles. The van der Waals surface area contributed by atoms with Crippen LogP contribution in [0.3, 0.4) is 0 Å². The van der Waals surface area contributed by atoms with E-state index in [9.17, 15) is 4.79 Å². The van der Waals surface area contributed by atoms with Gasteiger partial charge in [0.05, 0.1) is 36.7 Å². The van der Waals surface area contributed by atoms with Crippen molar-refractivity contribution < 1.29 is 19.0 Å². The molecule has 0 saturated carbocycles. The fourth-order valence-electron chi connectivity index (χ4n) is 4.06. The van der Waals surface area contributed by atoms with E-state index in [1.54, 1.807) is 0 Å². The highest BCUT2D eigenvalue weighted by atomic mass is 16.5. The van der Waals surface area contributed by atoms with Crippen LogP contribution in [0, 0.1) is 0 Å². The lowest BCUT2D eigenvalue weighted by molar-refractivity contribution is -0.146. The van der Waals surface area contributed by atoms with Crippen molar-refractivity contribution in [2.75, 3.05) is 32.9 Å². The Bertz CT molecular complexity index is 618. The van der Waals surface area contributed by atoms with Crippen molar-refractivity contribution in [1.82, 2.24) is 15.1 Å². The second-order valence-corrected chi connectivity index (χ2v) is 7.13. The van der Waals surface area contributed by atoms with Gasteiger partial charge in [0.2, 0.25) is 0 Å². The molecule has 0 unspecified atom stereocenters. The van der Waals surface area contributed by atoms with E-state index in [0.29, 0.717) is 38.6 Å². The standard InChI is InChI=1S/C17H25N3O4/c1-11-9-13-14(12(2)24-11)18-19-15(13)16(21)20-5-8-23-17(10-20)3-6-22-7-4-17/h11-12H,3-10H2,1-2H3,(H,18,19)/t11-,12+/m1/s1. The third kappa shape index (κ3) is 2.74. The first-order valence-electron chi connectivity index (χ1n) is 8.81. The minimum atomic E-state index is -0.244. The second kappa shape index (κ2) is 6.13. The Morgan fingerprint density at radius 3 is 2.88 bits per heavy atom. The number of morpholine rings is 1. The van der Waals surface area contributed by atoms with Crippen molar-refractivity contribution >= 4 is 5.91 Å². The minimum Gasteiger partial charge on any atom is -0.381 e. The van der Waals surface area contributed by atoms with Gasteiger partial charge in [-0.2, -0.15) is 5.10 Å². The normalized spacial score (nSPS) is 29.5. The van der Waals surface area contributed by atoms with Crippen LogP contribution in [0.2, 0.25) is 0 Å². The molecule has 7 nitrogen and oxygen atoms in total. The summed E-state index contributed by atoms with van der Waals surface area (Å²) in [4.78, 5) is 15.0. The maximum atomic E-state index is 13.1. The summed E-state index contributed by atoms with van der Waals surface area (Å²) in [5.41, 5.74) is 2.26. The van der Waals surface area contributed by atoms with Crippen molar-refractivity contribution in [1.29, 1.82) is 0 Å². The van der Waals surface area contributed by atoms with Gasteiger partial charge in [0.25, 0.3) is 5.91 Å². The van der Waals surface area contributed by atoms with Gasteiger partial charge in [-0.15, -0.1) is 0 Å². The van der Waals surface area contributed by atoms with E-state index in [1.807, 2.05) is 18.7 Å². The van der Waals surface area contributed by atoms with Gasteiger partial charge in [-0.3, -0.25) is 9.89 Å². The average Bonchev–Trinajstić information content (AvgIpc) is 2.99. The summed E-state index contributed by atoms with van der Waals surface area (Å²) >= 11 is 0. The number of fused-ring (bicyclic) bond motifs is 1. The Labute approximate surface area is 141 Å². The summed E-state index contributed by atoms with van der Waals surface area (Å²) in [6.07, 6.45) is 2.46. The van der Waals surface area contributed by atoms with Crippen LogP contribution in [0.1, 0.15) is 54.5 Å². The molecule has 4 heterocycles. The molecule has 0 bridgehead atoms. The van der Waals surface area contributed by atoms with E-state index in [0.717, 1.165) is 30.5 Å². The molecule has 4 rings (SSSR count). The molecule has 3 aliphatic rings. The molecule has 2 atom stereocenters. The Balaban J connectivity index is 1.56. The molecule has 1 N–H and O–H groups in total. The van der Waals surface area contributed by atoms with Crippen LogP contribution < -0.4 is 0 Å². The Hall–Kier alpha value is -1.44. The molecule has 1 aromatic rings. The molecule has 0 radical (unpaired) electrons. The SMILES string of the molecule is C[C@@H]1Cc2c(C(=O)N3CCOC4(CCOCC4)C3)n[nH]c2[C@H](C)O1. The number of hydrogen-bond acceptors (Lipinski definition) is 5. The lowest BCUT2D eigenvalue weighted by atomic mass is 9.91. The van der Waals surface area contributed by atoms with Crippen LogP contribution in [0.4, 0.5) is 0 Å². The molecule has 2 saturated heterocycles. The highest BCUT2D eigenvalue weighted by Crippen LogP contribution is 2.33. The molecular weight excluding hydrogens is 310 g/mol. The highest BCUT2D eigenvalue weighted by Gasteiger charge is 2.41. The zero-order valence-electron chi connectivity index (χ0n) is 14.3. The predicted octanol–water partition coefficient (Wildman–Crippen LogP) is 1.45. The summed E-state index contributed by atoms with van der Waals surface area (Å²) in [5.74, 6) is 0.00275. The first kappa shape index (κ1) is 16.1. The van der Waals surface area contributed by atoms with Gasteiger partial charge in [-0.1, -0.05) is 0 Å². The van der Waals surface area contributed by atoms with Crippen LogP contribution in [-0.2, 0) is 20.6 Å². The lowest BCUT2D eigenvalue weighted by Crippen LogP contribution is -2.56. The number of rotatable bonds is 1. The van der Waals surface area contributed by atoms with Crippen molar-refractivity contribution in [3.63, 3.8) is 0 Å². The van der Waals surface area contributed by atoms with Crippen LogP contribution >= 0.6 is 0 Å². The van der Waals surface area contributed by atoms with Gasteiger partial charge in [0.1, 0.15) is 0 Å². The highest BCUT2D eigenvalue weighted by molar-refractivity contribution is 5.94. The van der Waals surface area contributed by atoms with Gasteiger partial charge in [0, 0.05) is 44.6 Å². The second-order valence-electron chi connectivity index (χ2n) is 7.13. The average molecular weight is 335 g/mol. The van der Waals surface area contributed by atoms with Gasteiger partial charge >= 0.3 is 0 Å². The molecule has 0 aromatic carbocycles. The number of carbonyl (C=O) groups excluding carboxylic acids is 1. The number of nitrogens with zero attached hydrogens (tertiary/aromatic N) is 2. The van der Waals surface area contributed by atoms with Crippen molar-refractivity contribution in [2.24, 2.45) is 0 Å². The lowest BCUT2D eigenvalue weighted by Gasteiger charge is -2.44. The van der Waals surface area contributed by atoms with Crippen LogP contribution in [-0.4, -0.2) is 65.6 Å². The molecule has 2 fully saturated rings. The summed E-state index contributed by atoms with van der Waals surface area (Å²) < 4.78 is 17.3. The Morgan fingerprint density at radius 2 is 2.08 bits per heavy atom. The number of aromatic amines is 1. The number of amides is 1. The third-order valence-electron chi connectivity index (χ3n) is 5.38. The number of H-pyrrole nitrogens is 1. The number of hydrogen-bond donors (Lipinski definition) is 1. The Morgan fingerprint density at radius 1 is 1.29 bits per heavy atom. The predicted molar refractivity (Wildman–Crippen MR) is 85.9 cm³/mol. The Kier molecular flexibility index (Phi) is 4.10. The molecule has 1 aromatic heterocycles. The molecular formula is C17H25N3O4. The van der Waals surface area contributed by atoms with Crippen molar-refractivity contribution in [3.8, 4) is 0 Å². The molecule has 132 valence electrons. The summed E-state index contributed by atoms with van der Waals surface area (Å²) in [7, 11) is 0. The first-order chi connectivity index (χ1) is 11.6.